The molecule has 0 aliphatic carbocycles. The van der Waals surface area contributed by atoms with Crippen molar-refractivity contribution in [2.45, 2.75) is 37.3 Å². The monoisotopic (exact) mass is 515 g/mol. The van der Waals surface area contributed by atoms with E-state index in [2.05, 4.69) is 15.2 Å². The van der Waals surface area contributed by atoms with Gasteiger partial charge in [0, 0.05) is 17.8 Å². The second kappa shape index (κ2) is 11.3. The molecule has 1 amide bonds. The summed E-state index contributed by atoms with van der Waals surface area (Å²) in [5.74, 6) is -0.944. The molecule has 196 valence electrons. The Bertz CT molecular complexity index is 1230. The van der Waals surface area contributed by atoms with Gasteiger partial charge in [0.25, 0.3) is 0 Å². The van der Waals surface area contributed by atoms with Crippen LogP contribution in [0.5, 0.6) is 11.6 Å². The number of aliphatic hydroxyl groups excluding tert-OH is 3. The van der Waals surface area contributed by atoms with Crippen molar-refractivity contribution < 1.29 is 49.0 Å². The zero-order valence-corrected chi connectivity index (χ0v) is 19.5. The van der Waals surface area contributed by atoms with Crippen molar-refractivity contribution in [2.75, 3.05) is 12.4 Å². The predicted molar refractivity (Wildman–Crippen MR) is 125 cm³/mol. The zero-order valence-electron chi connectivity index (χ0n) is 19.5. The van der Waals surface area contributed by atoms with E-state index in [1.165, 1.54) is 19.2 Å². The van der Waals surface area contributed by atoms with Crippen LogP contribution in [0.2, 0.25) is 0 Å². The molecule has 0 radical (unpaired) electrons. The number of ether oxygens (including phenoxy) is 4. The smallest absolute Gasteiger partial charge is 0.411 e. The van der Waals surface area contributed by atoms with Crippen molar-refractivity contribution >= 4 is 17.7 Å². The molecule has 5 atom stereocenters. The SMILES string of the molecule is COC(=O)Nc1ccccc1COc1ccn(-c2ccc(O[C@H]3O[C@H](C(=O)O)[C@@H](O)[C@H](O)[C@H]3O)cc2)n1. The number of carbonyl (C=O) groups is 2. The quantitative estimate of drug-likeness (QED) is 0.287. The lowest BCUT2D eigenvalue weighted by Crippen LogP contribution is -2.61. The van der Waals surface area contributed by atoms with E-state index in [1.54, 1.807) is 47.3 Å². The summed E-state index contributed by atoms with van der Waals surface area (Å²) < 4.78 is 22.5. The van der Waals surface area contributed by atoms with Gasteiger partial charge in [-0.3, -0.25) is 5.32 Å². The fourth-order valence-electron chi connectivity index (χ4n) is 3.57. The summed E-state index contributed by atoms with van der Waals surface area (Å²) in [6.07, 6.45) is -7.41. The molecule has 1 aromatic heterocycles. The maximum absolute atomic E-state index is 11.5. The van der Waals surface area contributed by atoms with Crippen LogP contribution in [0.4, 0.5) is 10.5 Å². The van der Waals surface area contributed by atoms with Gasteiger partial charge in [-0.2, -0.15) is 0 Å². The van der Waals surface area contributed by atoms with Crippen LogP contribution < -0.4 is 14.8 Å². The topological polar surface area (TPSA) is 182 Å². The van der Waals surface area contributed by atoms with E-state index in [0.717, 1.165) is 5.56 Å². The average molecular weight is 515 g/mol. The van der Waals surface area contributed by atoms with Crippen LogP contribution in [0.15, 0.2) is 60.8 Å². The third-order valence-corrected chi connectivity index (χ3v) is 5.55. The zero-order chi connectivity index (χ0) is 26.5. The first-order chi connectivity index (χ1) is 17.8. The van der Waals surface area contributed by atoms with Crippen molar-refractivity contribution in [3.8, 4) is 17.3 Å². The molecule has 2 aromatic carbocycles. The minimum Gasteiger partial charge on any atom is -0.479 e. The Morgan fingerprint density at radius 1 is 1.03 bits per heavy atom. The Morgan fingerprint density at radius 3 is 2.46 bits per heavy atom. The number of hydrogen-bond acceptors (Lipinski definition) is 10. The number of nitrogens with zero attached hydrogens (tertiary/aromatic N) is 2. The molecule has 1 aliphatic heterocycles. The Balaban J connectivity index is 1.38. The van der Waals surface area contributed by atoms with Gasteiger partial charge in [-0.1, -0.05) is 18.2 Å². The summed E-state index contributed by atoms with van der Waals surface area (Å²) in [4.78, 5) is 22.8. The maximum atomic E-state index is 11.5. The lowest BCUT2D eigenvalue weighted by molar-refractivity contribution is -0.271. The number of aliphatic carboxylic acids is 1. The van der Waals surface area contributed by atoms with Crippen molar-refractivity contribution in [1.29, 1.82) is 0 Å². The molecule has 1 fully saturated rings. The number of para-hydroxylation sites is 1. The molecule has 3 aromatic rings. The molecule has 5 N–H and O–H groups in total. The normalized spacial score (nSPS) is 23.2. The van der Waals surface area contributed by atoms with E-state index >= 15 is 0 Å². The number of anilines is 1. The number of carboxylic acids is 1. The van der Waals surface area contributed by atoms with Gasteiger partial charge in [0.1, 0.15) is 30.7 Å². The highest BCUT2D eigenvalue weighted by Gasteiger charge is 2.48. The van der Waals surface area contributed by atoms with E-state index in [4.69, 9.17) is 19.3 Å². The first-order valence-electron chi connectivity index (χ1n) is 11.1. The van der Waals surface area contributed by atoms with E-state index in [0.29, 0.717) is 17.3 Å². The van der Waals surface area contributed by atoms with Gasteiger partial charge < -0.3 is 39.4 Å². The number of hydrogen-bond donors (Lipinski definition) is 5. The fourth-order valence-corrected chi connectivity index (χ4v) is 3.57. The highest BCUT2D eigenvalue weighted by atomic mass is 16.7. The van der Waals surface area contributed by atoms with Crippen molar-refractivity contribution in [1.82, 2.24) is 9.78 Å². The molecule has 0 unspecified atom stereocenters. The van der Waals surface area contributed by atoms with Gasteiger partial charge >= 0.3 is 12.1 Å². The fraction of sp³-hybridized carbons (Fsp3) is 0.292. The largest absolute Gasteiger partial charge is 0.479 e. The van der Waals surface area contributed by atoms with Crippen LogP contribution in [0.1, 0.15) is 5.56 Å². The van der Waals surface area contributed by atoms with Gasteiger partial charge in [-0.05, 0) is 30.3 Å². The first kappa shape index (κ1) is 25.9. The Morgan fingerprint density at radius 2 is 1.76 bits per heavy atom. The standard InChI is InChI=1S/C24H25N3O10/c1-34-24(33)25-16-5-3-2-4-13(16)12-35-17-10-11-27(26-17)14-6-8-15(9-7-14)36-23-20(30)18(28)19(29)21(37-23)22(31)32/h2-11,18-21,23,28-30H,12H2,1H3,(H,25,33)(H,31,32)/t18-,19-,20+,21-,23-/m0/s1. The third-order valence-electron chi connectivity index (χ3n) is 5.55. The van der Waals surface area contributed by atoms with Gasteiger partial charge in [0.2, 0.25) is 12.2 Å². The maximum Gasteiger partial charge on any atom is 0.411 e. The van der Waals surface area contributed by atoms with Crippen LogP contribution in [-0.4, -0.2) is 80.1 Å². The molecule has 1 aliphatic rings. The molecule has 0 spiro atoms. The summed E-state index contributed by atoms with van der Waals surface area (Å²) >= 11 is 0. The number of amides is 1. The number of carbonyl (C=O) groups excluding carboxylic acids is 1. The number of aliphatic hydroxyl groups is 3. The number of benzene rings is 2. The summed E-state index contributed by atoms with van der Waals surface area (Å²) in [7, 11) is 1.28. The minimum atomic E-state index is -1.80. The van der Waals surface area contributed by atoms with Crippen LogP contribution in [-0.2, 0) is 20.9 Å². The summed E-state index contributed by atoms with van der Waals surface area (Å²) in [6, 6.07) is 15.1. The van der Waals surface area contributed by atoms with Crippen molar-refractivity contribution in [3.63, 3.8) is 0 Å². The lowest BCUT2D eigenvalue weighted by Gasteiger charge is -2.38. The average Bonchev–Trinajstić information content (AvgIpc) is 3.37. The molecule has 37 heavy (non-hydrogen) atoms. The van der Waals surface area contributed by atoms with Gasteiger partial charge in [0.05, 0.1) is 18.5 Å². The molecule has 13 nitrogen and oxygen atoms in total. The Labute approximate surface area is 210 Å². The van der Waals surface area contributed by atoms with Crippen LogP contribution in [0, 0.1) is 0 Å². The number of aromatic nitrogens is 2. The number of carboxylic acid groups (broad SMARTS) is 1. The highest BCUT2D eigenvalue weighted by Crippen LogP contribution is 2.26. The molecule has 13 heteroatoms. The van der Waals surface area contributed by atoms with Crippen LogP contribution in [0.3, 0.4) is 0 Å². The van der Waals surface area contributed by atoms with Gasteiger partial charge in [-0.15, -0.1) is 5.10 Å². The van der Waals surface area contributed by atoms with Crippen LogP contribution in [0.25, 0.3) is 5.69 Å². The Kier molecular flexibility index (Phi) is 7.89. The van der Waals surface area contributed by atoms with E-state index in [1.807, 2.05) is 6.07 Å². The minimum absolute atomic E-state index is 0.144. The third kappa shape index (κ3) is 5.98. The summed E-state index contributed by atoms with van der Waals surface area (Å²) in [6.45, 7) is 0.144. The van der Waals surface area contributed by atoms with E-state index in [9.17, 15) is 24.9 Å². The molecular formula is C24H25N3O10. The molecule has 1 saturated heterocycles. The molecular weight excluding hydrogens is 490 g/mol. The summed E-state index contributed by atoms with van der Waals surface area (Å²) in [5.41, 5.74) is 1.91. The first-order valence-corrected chi connectivity index (χ1v) is 11.1. The lowest BCUT2D eigenvalue weighted by atomic mass is 9.99. The predicted octanol–water partition coefficient (Wildman–Crippen LogP) is 0.901. The molecule has 2 heterocycles. The van der Waals surface area contributed by atoms with Crippen LogP contribution >= 0.6 is 0 Å². The molecule has 0 saturated carbocycles. The highest BCUT2D eigenvalue weighted by molar-refractivity contribution is 5.85. The van der Waals surface area contributed by atoms with E-state index < -0.39 is 42.8 Å². The van der Waals surface area contributed by atoms with E-state index in [-0.39, 0.29) is 12.4 Å². The van der Waals surface area contributed by atoms with Crippen molar-refractivity contribution in [2.24, 2.45) is 0 Å². The second-order valence-electron chi connectivity index (χ2n) is 8.01. The summed E-state index contributed by atoms with van der Waals surface area (Å²) in [5, 5.41) is 45.9. The Hall–Kier alpha value is -4.17. The molecule has 4 rings (SSSR count). The molecule has 0 bridgehead atoms. The second-order valence-corrected chi connectivity index (χ2v) is 8.01. The number of methoxy groups -OCH3 is 1. The van der Waals surface area contributed by atoms with Crippen molar-refractivity contribution in [3.05, 3.63) is 66.4 Å². The van der Waals surface area contributed by atoms with Gasteiger partial charge in [0.15, 0.2) is 6.10 Å². The van der Waals surface area contributed by atoms with Gasteiger partial charge in [-0.25, -0.2) is 14.3 Å². The number of rotatable bonds is 8. The number of nitrogens with one attached hydrogen (secondary N) is 1.